The smallest absolute Gasteiger partial charge is 0.319 e. The zero-order valence-electron chi connectivity index (χ0n) is 17.9. The summed E-state index contributed by atoms with van der Waals surface area (Å²) in [5.74, 6) is 0.845. The average Bonchev–Trinajstić information content (AvgIpc) is 3.07. The maximum Gasteiger partial charge on any atom is 0.319 e. The van der Waals surface area contributed by atoms with Crippen LogP contribution in [0.1, 0.15) is 62.8 Å². The van der Waals surface area contributed by atoms with Crippen LogP contribution in [-0.2, 0) is 9.53 Å². The van der Waals surface area contributed by atoms with Gasteiger partial charge >= 0.3 is 6.03 Å². The Balaban J connectivity index is 1.40. The van der Waals surface area contributed by atoms with Gasteiger partial charge in [-0.05, 0) is 46.0 Å². The number of rotatable bonds is 7. The third-order valence-corrected chi connectivity index (χ3v) is 6.13. The Labute approximate surface area is 177 Å². The summed E-state index contributed by atoms with van der Waals surface area (Å²) in [7, 11) is 0. The van der Waals surface area contributed by atoms with Crippen molar-refractivity contribution in [2.24, 2.45) is 5.92 Å². The molecule has 1 aliphatic heterocycles. The van der Waals surface area contributed by atoms with E-state index in [1.807, 2.05) is 0 Å². The van der Waals surface area contributed by atoms with Crippen LogP contribution in [0.15, 0.2) is 4.52 Å². The number of aromatic nitrogens is 1. The number of aryl methyl sites for hydroxylation is 2. The van der Waals surface area contributed by atoms with E-state index in [9.17, 15) is 14.7 Å². The van der Waals surface area contributed by atoms with Gasteiger partial charge in [0, 0.05) is 12.5 Å². The van der Waals surface area contributed by atoms with Gasteiger partial charge in [-0.1, -0.05) is 24.4 Å². The third kappa shape index (κ3) is 5.95. The van der Waals surface area contributed by atoms with E-state index in [-0.39, 0.29) is 36.6 Å². The van der Waals surface area contributed by atoms with Crippen LogP contribution in [-0.4, -0.2) is 53.6 Å². The predicted octanol–water partition coefficient (Wildman–Crippen LogP) is 2.41. The highest BCUT2D eigenvalue weighted by atomic mass is 16.5. The molecule has 3 atom stereocenters. The zero-order chi connectivity index (χ0) is 21.5. The van der Waals surface area contributed by atoms with Crippen molar-refractivity contribution in [2.45, 2.75) is 83.5 Å². The number of ether oxygens (including phenoxy) is 1. The Morgan fingerprint density at radius 2 is 1.90 bits per heavy atom. The monoisotopic (exact) mass is 422 g/mol. The molecule has 1 saturated carbocycles. The number of amides is 3. The van der Waals surface area contributed by atoms with E-state index < -0.39 is 6.10 Å². The first-order valence-electron chi connectivity index (χ1n) is 11.0. The van der Waals surface area contributed by atoms with Crippen molar-refractivity contribution in [1.82, 2.24) is 15.8 Å². The molecule has 0 radical (unpaired) electrons. The SMILES string of the molecule is Cc1noc(C)c1NC(=O)N[C@@H]1CC[C@H](CCNC(=O)C2CCCCC2)O[C@@H]1CO. The number of aliphatic hydroxyl groups excluding tert-OH is 1. The number of aliphatic hydroxyl groups is 1. The average molecular weight is 423 g/mol. The van der Waals surface area contributed by atoms with Gasteiger partial charge in [-0.15, -0.1) is 0 Å². The highest BCUT2D eigenvalue weighted by Crippen LogP contribution is 2.25. The van der Waals surface area contributed by atoms with Gasteiger partial charge in [-0.25, -0.2) is 4.79 Å². The first-order valence-corrected chi connectivity index (χ1v) is 11.0. The summed E-state index contributed by atoms with van der Waals surface area (Å²) < 4.78 is 11.0. The molecule has 168 valence electrons. The topological polar surface area (TPSA) is 126 Å². The Hall–Kier alpha value is -2.13. The molecule has 0 bridgehead atoms. The van der Waals surface area contributed by atoms with Gasteiger partial charge in [-0.2, -0.15) is 0 Å². The van der Waals surface area contributed by atoms with Gasteiger partial charge in [0.1, 0.15) is 17.5 Å². The van der Waals surface area contributed by atoms with E-state index in [1.165, 1.54) is 6.42 Å². The number of anilines is 1. The molecule has 30 heavy (non-hydrogen) atoms. The highest BCUT2D eigenvalue weighted by molar-refractivity contribution is 5.90. The first-order chi connectivity index (χ1) is 14.5. The van der Waals surface area contributed by atoms with Gasteiger partial charge in [0.25, 0.3) is 0 Å². The van der Waals surface area contributed by atoms with Crippen molar-refractivity contribution in [2.75, 3.05) is 18.5 Å². The number of hydrogen-bond donors (Lipinski definition) is 4. The first kappa shape index (κ1) is 22.6. The molecule has 0 aromatic carbocycles. The molecule has 9 heteroatoms. The van der Waals surface area contributed by atoms with Gasteiger partial charge in [0.2, 0.25) is 5.91 Å². The number of carbonyl (C=O) groups excluding carboxylic acids is 2. The highest BCUT2D eigenvalue weighted by Gasteiger charge is 2.32. The number of nitrogens with one attached hydrogen (secondary N) is 3. The van der Waals surface area contributed by atoms with Crippen LogP contribution in [0.3, 0.4) is 0 Å². The van der Waals surface area contributed by atoms with Crippen LogP contribution in [0.2, 0.25) is 0 Å². The van der Waals surface area contributed by atoms with Gasteiger partial charge in [0.05, 0.1) is 18.8 Å². The molecule has 1 aliphatic carbocycles. The summed E-state index contributed by atoms with van der Waals surface area (Å²) in [6, 6.07) is -0.668. The van der Waals surface area contributed by atoms with Crippen molar-refractivity contribution in [3.63, 3.8) is 0 Å². The lowest BCUT2D eigenvalue weighted by Gasteiger charge is -2.36. The Morgan fingerprint density at radius 3 is 2.57 bits per heavy atom. The summed E-state index contributed by atoms with van der Waals surface area (Å²) in [5.41, 5.74) is 1.16. The molecule has 0 spiro atoms. The maximum absolute atomic E-state index is 12.3. The standard InChI is InChI=1S/C21H34N4O5/c1-13-19(14(2)30-25-13)24-21(28)23-17-9-8-16(29-18(17)12-26)10-11-22-20(27)15-6-4-3-5-7-15/h15-18,26H,3-12H2,1-2H3,(H,22,27)(H2,23,24,28)/t16-,17-,18-/m1/s1. The van der Waals surface area contributed by atoms with E-state index >= 15 is 0 Å². The molecule has 1 saturated heterocycles. The molecule has 2 heterocycles. The summed E-state index contributed by atoms with van der Waals surface area (Å²) in [4.78, 5) is 24.6. The van der Waals surface area contributed by atoms with E-state index in [2.05, 4.69) is 21.1 Å². The second kappa shape index (κ2) is 10.8. The van der Waals surface area contributed by atoms with Crippen molar-refractivity contribution in [1.29, 1.82) is 0 Å². The molecule has 2 fully saturated rings. The van der Waals surface area contributed by atoms with Crippen LogP contribution in [0, 0.1) is 19.8 Å². The molecule has 1 aromatic rings. The third-order valence-electron chi connectivity index (χ3n) is 6.13. The van der Waals surface area contributed by atoms with E-state index in [0.717, 1.165) is 32.1 Å². The lowest BCUT2D eigenvalue weighted by molar-refractivity contribution is -0.126. The van der Waals surface area contributed by atoms with Crippen molar-refractivity contribution < 1.29 is 24.0 Å². The molecule has 2 aliphatic rings. The molecule has 4 N–H and O–H groups in total. The number of hydrogen-bond acceptors (Lipinski definition) is 6. The number of urea groups is 1. The van der Waals surface area contributed by atoms with Gasteiger partial charge in [0.15, 0.2) is 5.76 Å². The Kier molecular flexibility index (Phi) is 8.09. The van der Waals surface area contributed by atoms with Crippen LogP contribution in [0.5, 0.6) is 0 Å². The molecule has 1 aromatic heterocycles. The summed E-state index contributed by atoms with van der Waals surface area (Å²) in [6.07, 6.45) is 7.11. The lowest BCUT2D eigenvalue weighted by Crippen LogP contribution is -2.52. The molecular formula is C21H34N4O5. The Bertz CT molecular complexity index is 697. The fourth-order valence-electron chi connectivity index (χ4n) is 4.35. The van der Waals surface area contributed by atoms with Crippen molar-refractivity contribution >= 4 is 17.6 Å². The second-order valence-corrected chi connectivity index (χ2v) is 8.38. The van der Waals surface area contributed by atoms with Crippen molar-refractivity contribution in [3.8, 4) is 0 Å². The molecular weight excluding hydrogens is 388 g/mol. The summed E-state index contributed by atoms with van der Waals surface area (Å²) in [6.45, 7) is 3.88. The molecule has 3 amide bonds. The maximum atomic E-state index is 12.3. The zero-order valence-corrected chi connectivity index (χ0v) is 17.9. The van der Waals surface area contributed by atoms with Crippen LogP contribution in [0.4, 0.5) is 10.5 Å². The van der Waals surface area contributed by atoms with Gasteiger partial charge < -0.3 is 30.3 Å². The fourth-order valence-corrected chi connectivity index (χ4v) is 4.35. The normalized spacial score (nSPS) is 25.0. The largest absolute Gasteiger partial charge is 0.394 e. The number of carbonyl (C=O) groups is 2. The fraction of sp³-hybridized carbons (Fsp3) is 0.762. The van der Waals surface area contributed by atoms with Gasteiger partial charge in [-0.3, -0.25) is 4.79 Å². The van der Waals surface area contributed by atoms with E-state index in [4.69, 9.17) is 9.26 Å². The van der Waals surface area contributed by atoms with Crippen LogP contribution in [0.25, 0.3) is 0 Å². The summed E-state index contributed by atoms with van der Waals surface area (Å²) in [5, 5.41) is 22.2. The number of nitrogens with zero attached hydrogens (tertiary/aromatic N) is 1. The Morgan fingerprint density at radius 1 is 1.13 bits per heavy atom. The van der Waals surface area contributed by atoms with Crippen molar-refractivity contribution in [3.05, 3.63) is 11.5 Å². The van der Waals surface area contributed by atoms with E-state index in [0.29, 0.717) is 36.5 Å². The van der Waals surface area contributed by atoms with E-state index in [1.54, 1.807) is 13.8 Å². The predicted molar refractivity (Wildman–Crippen MR) is 111 cm³/mol. The van der Waals surface area contributed by atoms with Crippen LogP contribution >= 0.6 is 0 Å². The molecule has 3 rings (SSSR count). The molecule has 0 unspecified atom stereocenters. The van der Waals surface area contributed by atoms with Crippen LogP contribution < -0.4 is 16.0 Å². The quantitative estimate of drug-likeness (QED) is 0.535. The minimum absolute atomic E-state index is 0.0440. The lowest BCUT2D eigenvalue weighted by atomic mass is 9.88. The molecule has 9 nitrogen and oxygen atoms in total. The summed E-state index contributed by atoms with van der Waals surface area (Å²) >= 11 is 0. The minimum atomic E-state index is -0.479. The second-order valence-electron chi connectivity index (χ2n) is 8.38. The minimum Gasteiger partial charge on any atom is -0.394 e.